The number of hydrogen-bond acceptors (Lipinski definition) is 4. The molecule has 2 rings (SSSR count). The lowest BCUT2D eigenvalue weighted by molar-refractivity contribution is 0.0948. The second kappa shape index (κ2) is 5.53. The number of nitrogens with two attached hydrogens (primary N) is 1. The Morgan fingerprint density at radius 3 is 2.68 bits per heavy atom. The minimum Gasteiger partial charge on any atom is -0.497 e. The molecule has 0 aliphatic carbocycles. The van der Waals surface area contributed by atoms with Crippen LogP contribution in [0.5, 0.6) is 5.75 Å². The Hall–Kier alpha value is -2.34. The number of benzene rings is 1. The van der Waals surface area contributed by atoms with E-state index in [1.807, 2.05) is 31.2 Å². The van der Waals surface area contributed by atoms with Gasteiger partial charge in [-0.1, -0.05) is 12.1 Å². The summed E-state index contributed by atoms with van der Waals surface area (Å²) in [6.45, 7) is 2.48. The van der Waals surface area contributed by atoms with Crippen molar-refractivity contribution < 1.29 is 9.53 Å². The van der Waals surface area contributed by atoms with Crippen LogP contribution in [0.4, 0.5) is 0 Å². The third-order valence-electron chi connectivity index (χ3n) is 2.84. The minimum atomic E-state index is -0.392. The van der Waals surface area contributed by atoms with Crippen molar-refractivity contribution in [2.75, 3.05) is 7.11 Å². The number of rotatable bonds is 4. The number of methoxy groups -OCH3 is 1. The van der Waals surface area contributed by atoms with Crippen LogP contribution >= 0.6 is 0 Å². The molecule has 2 aromatic rings. The first-order chi connectivity index (χ1) is 9.13. The molecule has 19 heavy (non-hydrogen) atoms. The van der Waals surface area contributed by atoms with E-state index in [2.05, 4.69) is 10.5 Å². The molecule has 0 radical (unpaired) electrons. The topological polar surface area (TPSA) is 82.2 Å². The molecule has 0 saturated carbocycles. The number of ether oxygens (including phenoxy) is 1. The summed E-state index contributed by atoms with van der Waals surface area (Å²) in [7, 11) is 1.63. The van der Waals surface area contributed by atoms with Crippen LogP contribution in [0, 0.1) is 6.92 Å². The summed E-state index contributed by atoms with van der Waals surface area (Å²) in [5, 5.41) is 4.21. The van der Waals surface area contributed by atoms with Gasteiger partial charge >= 0.3 is 0 Å². The number of nitrogen functional groups attached to an aromatic ring is 1. The van der Waals surface area contributed by atoms with Crippen LogP contribution in [0.15, 0.2) is 30.3 Å². The molecule has 0 fully saturated rings. The molecule has 0 bridgehead atoms. The van der Waals surface area contributed by atoms with Crippen molar-refractivity contribution in [3.8, 4) is 5.75 Å². The van der Waals surface area contributed by atoms with Gasteiger partial charge in [0.1, 0.15) is 5.75 Å². The predicted octanol–water partition coefficient (Wildman–Crippen LogP) is 0.852. The first kappa shape index (κ1) is 13.1. The standard InChI is InChI=1S/C13H16N4O2/c1-9-7-12(13(18)15-14)16-17(9)8-10-3-5-11(19-2)6-4-10/h3-7H,8,14H2,1-2H3,(H,15,18). The van der Waals surface area contributed by atoms with Gasteiger partial charge in [0.2, 0.25) is 0 Å². The molecule has 3 N–H and O–H groups in total. The lowest BCUT2D eigenvalue weighted by atomic mass is 10.2. The van der Waals surface area contributed by atoms with Crippen molar-refractivity contribution in [1.82, 2.24) is 15.2 Å². The van der Waals surface area contributed by atoms with Gasteiger partial charge in [0.25, 0.3) is 5.91 Å². The Morgan fingerprint density at radius 2 is 2.11 bits per heavy atom. The first-order valence-corrected chi connectivity index (χ1v) is 5.82. The number of nitrogens with one attached hydrogen (secondary N) is 1. The SMILES string of the molecule is COc1ccc(Cn2nc(C(=O)NN)cc2C)cc1. The molecule has 0 unspecified atom stereocenters. The van der Waals surface area contributed by atoms with Crippen molar-refractivity contribution in [3.63, 3.8) is 0 Å². The largest absolute Gasteiger partial charge is 0.497 e. The average Bonchev–Trinajstić information content (AvgIpc) is 2.80. The number of carbonyl (C=O) groups is 1. The molecular formula is C13H16N4O2. The fraction of sp³-hybridized carbons (Fsp3) is 0.231. The summed E-state index contributed by atoms with van der Waals surface area (Å²) in [6, 6.07) is 9.40. The van der Waals surface area contributed by atoms with E-state index in [1.165, 1.54) is 0 Å². The van der Waals surface area contributed by atoms with Crippen molar-refractivity contribution in [3.05, 3.63) is 47.3 Å². The molecule has 0 aliphatic heterocycles. The zero-order valence-corrected chi connectivity index (χ0v) is 10.9. The molecule has 6 heteroatoms. The van der Waals surface area contributed by atoms with Crippen molar-refractivity contribution in [1.29, 1.82) is 0 Å². The van der Waals surface area contributed by atoms with Crippen molar-refractivity contribution >= 4 is 5.91 Å². The van der Waals surface area contributed by atoms with Crippen LogP contribution in [0.25, 0.3) is 0 Å². The fourth-order valence-corrected chi connectivity index (χ4v) is 1.76. The van der Waals surface area contributed by atoms with E-state index in [0.717, 1.165) is 17.0 Å². The molecule has 1 amide bonds. The van der Waals surface area contributed by atoms with Crippen LogP contribution in [0.3, 0.4) is 0 Å². The Bertz CT molecular complexity index is 575. The Kier molecular flexibility index (Phi) is 3.82. The summed E-state index contributed by atoms with van der Waals surface area (Å²) in [5.41, 5.74) is 4.36. The maximum Gasteiger partial charge on any atom is 0.285 e. The van der Waals surface area contributed by atoms with Crippen molar-refractivity contribution in [2.45, 2.75) is 13.5 Å². The third kappa shape index (κ3) is 2.92. The predicted molar refractivity (Wildman–Crippen MR) is 70.7 cm³/mol. The van der Waals surface area contributed by atoms with E-state index < -0.39 is 5.91 Å². The highest BCUT2D eigenvalue weighted by Gasteiger charge is 2.11. The molecule has 1 aromatic carbocycles. The van der Waals surface area contributed by atoms with Crippen LogP contribution < -0.4 is 16.0 Å². The summed E-state index contributed by atoms with van der Waals surface area (Å²) in [5.74, 6) is 5.50. The number of aromatic nitrogens is 2. The number of nitrogens with zero attached hydrogens (tertiary/aromatic N) is 2. The molecule has 100 valence electrons. The van der Waals surface area contributed by atoms with Gasteiger partial charge in [0.15, 0.2) is 5.69 Å². The molecule has 0 spiro atoms. The summed E-state index contributed by atoms with van der Waals surface area (Å²) < 4.78 is 6.86. The van der Waals surface area contributed by atoms with Crippen LogP contribution in [0.1, 0.15) is 21.7 Å². The zero-order valence-electron chi connectivity index (χ0n) is 10.9. The highest BCUT2D eigenvalue weighted by atomic mass is 16.5. The number of hydrazine groups is 1. The maximum atomic E-state index is 11.4. The van der Waals surface area contributed by atoms with Gasteiger partial charge < -0.3 is 4.74 Å². The smallest absolute Gasteiger partial charge is 0.285 e. The molecule has 1 heterocycles. The van der Waals surface area contributed by atoms with E-state index in [-0.39, 0.29) is 0 Å². The van der Waals surface area contributed by atoms with E-state index in [0.29, 0.717) is 12.2 Å². The molecule has 0 saturated heterocycles. The normalized spacial score (nSPS) is 10.3. The maximum absolute atomic E-state index is 11.4. The van der Waals surface area contributed by atoms with Gasteiger partial charge in [0, 0.05) is 5.69 Å². The van der Waals surface area contributed by atoms with E-state index in [4.69, 9.17) is 10.6 Å². The van der Waals surface area contributed by atoms with Crippen LogP contribution in [0.2, 0.25) is 0 Å². The van der Waals surface area contributed by atoms with E-state index >= 15 is 0 Å². The molecule has 6 nitrogen and oxygen atoms in total. The number of aryl methyl sites for hydroxylation is 1. The van der Waals surface area contributed by atoms with Gasteiger partial charge in [-0.2, -0.15) is 5.10 Å². The number of amides is 1. The summed E-state index contributed by atoms with van der Waals surface area (Å²) in [4.78, 5) is 11.4. The zero-order chi connectivity index (χ0) is 13.8. The second-order valence-electron chi connectivity index (χ2n) is 4.15. The van der Waals surface area contributed by atoms with Crippen LogP contribution in [-0.2, 0) is 6.54 Å². The van der Waals surface area contributed by atoms with Gasteiger partial charge in [0.05, 0.1) is 13.7 Å². The number of hydrogen-bond donors (Lipinski definition) is 2. The Labute approximate surface area is 111 Å². The average molecular weight is 260 g/mol. The molecular weight excluding hydrogens is 244 g/mol. The highest BCUT2D eigenvalue weighted by molar-refractivity contribution is 5.91. The highest BCUT2D eigenvalue weighted by Crippen LogP contribution is 2.13. The third-order valence-corrected chi connectivity index (χ3v) is 2.84. The van der Waals surface area contributed by atoms with Crippen molar-refractivity contribution in [2.24, 2.45) is 5.84 Å². The molecule has 0 atom stereocenters. The van der Waals surface area contributed by atoms with E-state index in [1.54, 1.807) is 17.9 Å². The Morgan fingerprint density at radius 1 is 1.42 bits per heavy atom. The van der Waals surface area contributed by atoms with E-state index in [9.17, 15) is 4.79 Å². The second-order valence-corrected chi connectivity index (χ2v) is 4.15. The van der Waals surface area contributed by atoms with Gasteiger partial charge in [-0.05, 0) is 30.7 Å². The quantitative estimate of drug-likeness (QED) is 0.485. The molecule has 0 aliphatic rings. The van der Waals surface area contributed by atoms with Gasteiger partial charge in [-0.25, -0.2) is 5.84 Å². The lowest BCUT2D eigenvalue weighted by Gasteiger charge is -2.05. The fourth-order valence-electron chi connectivity index (χ4n) is 1.76. The van der Waals surface area contributed by atoms with Gasteiger partial charge in [-0.15, -0.1) is 0 Å². The Balaban J connectivity index is 2.18. The summed E-state index contributed by atoms with van der Waals surface area (Å²) in [6.07, 6.45) is 0. The minimum absolute atomic E-state index is 0.313. The first-order valence-electron chi connectivity index (χ1n) is 5.82. The van der Waals surface area contributed by atoms with Gasteiger partial charge in [-0.3, -0.25) is 14.9 Å². The molecule has 1 aromatic heterocycles. The lowest BCUT2D eigenvalue weighted by Crippen LogP contribution is -2.30. The van der Waals surface area contributed by atoms with Crippen LogP contribution in [-0.4, -0.2) is 22.8 Å². The monoisotopic (exact) mass is 260 g/mol. The number of carbonyl (C=O) groups excluding carboxylic acids is 1. The summed E-state index contributed by atoms with van der Waals surface area (Å²) >= 11 is 0.